The van der Waals surface area contributed by atoms with Gasteiger partial charge in [0.2, 0.25) is 0 Å². The molecule has 0 aliphatic heterocycles. The third-order valence-electron chi connectivity index (χ3n) is 3.39. The van der Waals surface area contributed by atoms with Crippen LogP contribution in [0, 0.1) is 0 Å². The molecular weight excluding hydrogens is 210 g/mol. The van der Waals surface area contributed by atoms with Gasteiger partial charge in [-0.3, -0.25) is 4.68 Å². The highest BCUT2D eigenvalue weighted by Gasteiger charge is 2.19. The van der Waals surface area contributed by atoms with Crippen LogP contribution in [0.4, 0.5) is 0 Å². The van der Waals surface area contributed by atoms with Gasteiger partial charge in [-0.1, -0.05) is 27.2 Å². The van der Waals surface area contributed by atoms with Crippen LogP contribution in [0.1, 0.15) is 65.1 Å². The molecule has 0 aliphatic carbocycles. The van der Waals surface area contributed by atoms with Crippen molar-refractivity contribution >= 4 is 0 Å². The van der Waals surface area contributed by atoms with Crippen LogP contribution in [-0.2, 0) is 6.42 Å². The van der Waals surface area contributed by atoms with Gasteiger partial charge in [0.05, 0.1) is 11.7 Å². The van der Waals surface area contributed by atoms with Gasteiger partial charge in [0.15, 0.2) is 0 Å². The first-order valence-electron chi connectivity index (χ1n) is 6.85. The second-order valence-electron chi connectivity index (χ2n) is 5.34. The molecule has 2 N–H and O–H groups in total. The average Bonchev–Trinajstić information content (AvgIpc) is 2.67. The topological polar surface area (TPSA) is 43.8 Å². The number of hydrogen-bond acceptors (Lipinski definition) is 2. The standard InChI is InChI=1S/C14H27N3/c1-5-9-14(4,15)11-12-8-10-17(16-12)13(6-2)7-3/h8,10,13H,5-7,9,11,15H2,1-4H3. The summed E-state index contributed by atoms with van der Waals surface area (Å²) in [5.74, 6) is 0. The molecule has 17 heavy (non-hydrogen) atoms. The smallest absolute Gasteiger partial charge is 0.0642 e. The Morgan fingerprint density at radius 3 is 2.53 bits per heavy atom. The summed E-state index contributed by atoms with van der Waals surface area (Å²) < 4.78 is 2.09. The van der Waals surface area contributed by atoms with E-state index in [1.807, 2.05) is 0 Å². The molecule has 0 bridgehead atoms. The van der Waals surface area contributed by atoms with E-state index in [1.165, 1.54) is 0 Å². The minimum absolute atomic E-state index is 0.123. The summed E-state index contributed by atoms with van der Waals surface area (Å²) >= 11 is 0. The molecule has 0 aliphatic rings. The maximum Gasteiger partial charge on any atom is 0.0642 e. The van der Waals surface area contributed by atoms with Crippen LogP contribution >= 0.6 is 0 Å². The van der Waals surface area contributed by atoms with Crippen molar-refractivity contribution in [2.45, 2.75) is 71.4 Å². The third kappa shape index (κ3) is 4.15. The van der Waals surface area contributed by atoms with Crippen LogP contribution in [-0.4, -0.2) is 15.3 Å². The Kier molecular flexibility index (Phi) is 5.19. The quantitative estimate of drug-likeness (QED) is 0.790. The highest BCUT2D eigenvalue weighted by Crippen LogP contribution is 2.18. The van der Waals surface area contributed by atoms with Gasteiger partial charge in [0.1, 0.15) is 0 Å². The molecule has 98 valence electrons. The van der Waals surface area contributed by atoms with Crippen molar-refractivity contribution in [1.82, 2.24) is 9.78 Å². The lowest BCUT2D eigenvalue weighted by Gasteiger charge is -2.22. The molecule has 3 heteroatoms. The molecule has 0 saturated carbocycles. The van der Waals surface area contributed by atoms with Crippen LogP contribution < -0.4 is 5.73 Å². The summed E-state index contributed by atoms with van der Waals surface area (Å²) in [6, 6.07) is 2.64. The van der Waals surface area contributed by atoms with Gasteiger partial charge in [-0.25, -0.2) is 0 Å². The number of nitrogens with zero attached hydrogens (tertiary/aromatic N) is 2. The monoisotopic (exact) mass is 237 g/mol. The fourth-order valence-corrected chi connectivity index (χ4v) is 2.41. The van der Waals surface area contributed by atoms with Gasteiger partial charge in [0, 0.05) is 18.2 Å². The van der Waals surface area contributed by atoms with E-state index in [1.54, 1.807) is 0 Å². The molecule has 1 aromatic heterocycles. The van der Waals surface area contributed by atoms with Crippen LogP contribution in [0.15, 0.2) is 12.3 Å². The molecule has 0 saturated heterocycles. The zero-order valence-electron chi connectivity index (χ0n) is 11.7. The van der Waals surface area contributed by atoms with Crippen molar-refractivity contribution in [1.29, 1.82) is 0 Å². The Balaban J connectivity index is 2.68. The lowest BCUT2D eigenvalue weighted by atomic mass is 9.92. The molecule has 3 nitrogen and oxygen atoms in total. The van der Waals surface area contributed by atoms with Gasteiger partial charge in [-0.05, 0) is 32.3 Å². The number of nitrogens with two attached hydrogens (primary N) is 1. The zero-order chi connectivity index (χ0) is 12.9. The Hall–Kier alpha value is -0.830. The molecule has 1 unspecified atom stereocenters. The minimum atomic E-state index is -0.123. The van der Waals surface area contributed by atoms with Gasteiger partial charge >= 0.3 is 0 Å². The fraction of sp³-hybridized carbons (Fsp3) is 0.786. The first kappa shape index (κ1) is 14.2. The molecule has 0 aromatic carbocycles. The van der Waals surface area contributed by atoms with Crippen molar-refractivity contribution in [3.05, 3.63) is 18.0 Å². The largest absolute Gasteiger partial charge is 0.325 e. The molecule has 0 radical (unpaired) electrons. The molecule has 1 aromatic rings. The SMILES string of the molecule is CCCC(C)(N)Cc1ccn(C(CC)CC)n1. The molecule has 1 rings (SSSR count). The number of aromatic nitrogens is 2. The summed E-state index contributed by atoms with van der Waals surface area (Å²) in [5, 5.41) is 4.66. The molecule has 0 fully saturated rings. The normalized spacial score (nSPS) is 15.2. The second kappa shape index (κ2) is 6.20. The lowest BCUT2D eigenvalue weighted by Crippen LogP contribution is -2.38. The van der Waals surface area contributed by atoms with Crippen molar-refractivity contribution in [3.8, 4) is 0 Å². The van der Waals surface area contributed by atoms with E-state index in [0.717, 1.165) is 37.8 Å². The highest BCUT2D eigenvalue weighted by atomic mass is 15.3. The van der Waals surface area contributed by atoms with Crippen LogP contribution in [0.25, 0.3) is 0 Å². The fourth-order valence-electron chi connectivity index (χ4n) is 2.41. The van der Waals surface area contributed by atoms with Crippen molar-refractivity contribution in [2.24, 2.45) is 5.73 Å². The van der Waals surface area contributed by atoms with Crippen LogP contribution in [0.5, 0.6) is 0 Å². The van der Waals surface area contributed by atoms with E-state index >= 15 is 0 Å². The summed E-state index contributed by atoms with van der Waals surface area (Å²) in [6.45, 7) is 8.71. The first-order chi connectivity index (χ1) is 8.02. The predicted octanol–water partition coefficient (Wildman–Crippen LogP) is 3.30. The summed E-state index contributed by atoms with van der Waals surface area (Å²) in [7, 11) is 0. The number of rotatable bonds is 7. The lowest BCUT2D eigenvalue weighted by molar-refractivity contribution is 0.401. The molecule has 0 amide bonds. The summed E-state index contributed by atoms with van der Waals surface area (Å²) in [4.78, 5) is 0. The van der Waals surface area contributed by atoms with E-state index in [-0.39, 0.29) is 5.54 Å². The Bertz CT molecular complexity index is 324. The van der Waals surface area contributed by atoms with Crippen LogP contribution in [0.3, 0.4) is 0 Å². The zero-order valence-corrected chi connectivity index (χ0v) is 11.7. The van der Waals surface area contributed by atoms with Gasteiger partial charge < -0.3 is 5.73 Å². The third-order valence-corrected chi connectivity index (χ3v) is 3.39. The minimum Gasteiger partial charge on any atom is -0.325 e. The Morgan fingerprint density at radius 2 is 2.00 bits per heavy atom. The van der Waals surface area contributed by atoms with Crippen LogP contribution in [0.2, 0.25) is 0 Å². The predicted molar refractivity (Wildman–Crippen MR) is 73.1 cm³/mol. The van der Waals surface area contributed by atoms with Gasteiger partial charge in [0.25, 0.3) is 0 Å². The number of hydrogen-bond donors (Lipinski definition) is 1. The van der Waals surface area contributed by atoms with E-state index in [9.17, 15) is 0 Å². The van der Waals surface area contributed by atoms with E-state index in [4.69, 9.17) is 5.73 Å². The van der Waals surface area contributed by atoms with Crippen molar-refractivity contribution in [2.75, 3.05) is 0 Å². The highest BCUT2D eigenvalue weighted by molar-refractivity contribution is 5.05. The molecule has 1 heterocycles. The Morgan fingerprint density at radius 1 is 1.35 bits per heavy atom. The first-order valence-corrected chi connectivity index (χ1v) is 6.85. The van der Waals surface area contributed by atoms with Crippen molar-refractivity contribution < 1.29 is 0 Å². The maximum atomic E-state index is 6.26. The molecular formula is C14H27N3. The molecule has 1 atom stereocenters. The second-order valence-corrected chi connectivity index (χ2v) is 5.34. The maximum absolute atomic E-state index is 6.26. The summed E-state index contributed by atoms with van der Waals surface area (Å²) in [5.41, 5.74) is 7.26. The Labute approximate surface area is 105 Å². The van der Waals surface area contributed by atoms with E-state index in [0.29, 0.717) is 6.04 Å². The van der Waals surface area contributed by atoms with E-state index in [2.05, 4.69) is 49.7 Å². The summed E-state index contributed by atoms with van der Waals surface area (Å²) in [6.07, 6.45) is 7.40. The van der Waals surface area contributed by atoms with Gasteiger partial charge in [-0.2, -0.15) is 5.10 Å². The van der Waals surface area contributed by atoms with Gasteiger partial charge in [-0.15, -0.1) is 0 Å². The average molecular weight is 237 g/mol. The van der Waals surface area contributed by atoms with Crippen molar-refractivity contribution in [3.63, 3.8) is 0 Å². The van der Waals surface area contributed by atoms with E-state index < -0.39 is 0 Å². The molecule has 0 spiro atoms.